The quantitative estimate of drug-likeness (QED) is 0.515. The second-order valence-electron chi connectivity index (χ2n) is 3.20. The lowest BCUT2D eigenvalue weighted by Crippen LogP contribution is -1.90. The number of allylic oxidation sites excluding steroid dienone is 2. The summed E-state index contributed by atoms with van der Waals surface area (Å²) in [4.78, 5) is 0. The zero-order valence-electron chi connectivity index (χ0n) is 8.72. The van der Waals surface area contributed by atoms with Gasteiger partial charge in [-0.3, -0.25) is 0 Å². The number of aryl methyl sites for hydroxylation is 1. The van der Waals surface area contributed by atoms with Crippen molar-refractivity contribution in [3.63, 3.8) is 0 Å². The molecule has 0 atom stereocenters. The van der Waals surface area contributed by atoms with E-state index in [1.807, 2.05) is 6.92 Å². The highest BCUT2D eigenvalue weighted by Gasteiger charge is 2.02. The highest BCUT2D eigenvalue weighted by molar-refractivity contribution is 5.99. The van der Waals surface area contributed by atoms with Crippen molar-refractivity contribution in [2.24, 2.45) is 0 Å². The Morgan fingerprint density at radius 3 is 2.38 bits per heavy atom. The van der Waals surface area contributed by atoms with Gasteiger partial charge in [-0.15, -0.1) is 0 Å². The van der Waals surface area contributed by atoms with Crippen LogP contribution in [0.1, 0.15) is 25.0 Å². The molecule has 0 N–H and O–H groups in total. The van der Waals surface area contributed by atoms with Crippen LogP contribution in [-0.2, 0) is 4.43 Å². The molecule has 1 rings (SSSR count). The van der Waals surface area contributed by atoms with E-state index in [0.29, 0.717) is 0 Å². The first-order chi connectivity index (χ1) is 6.16. The first-order valence-electron chi connectivity index (χ1n) is 4.44. The zero-order valence-corrected chi connectivity index (χ0v) is 10.7. The van der Waals surface area contributed by atoms with Crippen LogP contribution in [0.15, 0.2) is 30.0 Å². The van der Waals surface area contributed by atoms with Gasteiger partial charge in [-0.05, 0) is 37.5 Å². The first kappa shape index (κ1) is 10.1. The van der Waals surface area contributed by atoms with Gasteiger partial charge in [-0.1, -0.05) is 24.3 Å². The van der Waals surface area contributed by atoms with Gasteiger partial charge in [0.25, 0.3) is 0 Å². The van der Waals surface area contributed by atoms with Crippen LogP contribution in [0.5, 0.6) is 0 Å². The van der Waals surface area contributed by atoms with Crippen molar-refractivity contribution in [3.8, 4) is 0 Å². The molecule has 0 spiro atoms. The standard InChI is InChI=1S/C11H16OSi/c1-8-6-4-5-7-11(8)9(2)10(3)12-13/h4-7H,1-3,13H3. The summed E-state index contributed by atoms with van der Waals surface area (Å²) in [6, 6.07) is 8.38. The number of hydrogen-bond donors (Lipinski definition) is 0. The summed E-state index contributed by atoms with van der Waals surface area (Å²) in [6.07, 6.45) is 0. The van der Waals surface area contributed by atoms with Gasteiger partial charge in [0.15, 0.2) is 0 Å². The van der Waals surface area contributed by atoms with Crippen LogP contribution >= 0.6 is 0 Å². The Morgan fingerprint density at radius 2 is 1.85 bits per heavy atom. The number of hydrogen-bond acceptors (Lipinski definition) is 1. The SMILES string of the molecule is CC(O[SiH3])=C(C)c1ccccc1C. The van der Waals surface area contributed by atoms with Gasteiger partial charge in [0.2, 0.25) is 10.5 Å². The van der Waals surface area contributed by atoms with E-state index in [2.05, 4.69) is 38.1 Å². The van der Waals surface area contributed by atoms with Gasteiger partial charge in [0.05, 0.1) is 5.76 Å². The molecule has 0 amide bonds. The largest absolute Gasteiger partial charge is 0.556 e. The molecule has 0 saturated heterocycles. The summed E-state index contributed by atoms with van der Waals surface area (Å²) in [5.41, 5.74) is 3.84. The third-order valence-electron chi connectivity index (χ3n) is 2.38. The summed E-state index contributed by atoms with van der Waals surface area (Å²) >= 11 is 0. The monoisotopic (exact) mass is 192 g/mol. The second-order valence-corrected chi connectivity index (χ2v) is 3.61. The average molecular weight is 192 g/mol. The Hall–Kier alpha value is -1.02. The molecule has 0 bridgehead atoms. The van der Waals surface area contributed by atoms with Gasteiger partial charge in [0.1, 0.15) is 0 Å². The third-order valence-corrected chi connectivity index (χ3v) is 3.00. The minimum atomic E-state index is 0.762. The van der Waals surface area contributed by atoms with Crippen LogP contribution in [0.25, 0.3) is 5.57 Å². The Bertz CT molecular complexity index is 329. The lowest BCUT2D eigenvalue weighted by atomic mass is 10.0. The van der Waals surface area contributed by atoms with Crippen LogP contribution < -0.4 is 0 Å². The fourth-order valence-electron chi connectivity index (χ4n) is 1.34. The molecular formula is C11H16OSi. The third kappa shape index (κ3) is 2.22. The fraction of sp³-hybridized carbons (Fsp3) is 0.273. The summed E-state index contributed by atoms with van der Waals surface area (Å²) in [6.45, 7) is 6.25. The lowest BCUT2D eigenvalue weighted by Gasteiger charge is -2.09. The van der Waals surface area contributed by atoms with Crippen LogP contribution in [0.2, 0.25) is 0 Å². The smallest absolute Gasteiger partial charge is 0.203 e. The molecule has 0 unspecified atom stereocenters. The van der Waals surface area contributed by atoms with E-state index in [4.69, 9.17) is 4.43 Å². The molecule has 0 saturated carbocycles. The molecule has 0 aliphatic rings. The Morgan fingerprint density at radius 1 is 1.23 bits per heavy atom. The molecular weight excluding hydrogens is 176 g/mol. The van der Waals surface area contributed by atoms with Crippen molar-refractivity contribution < 1.29 is 4.43 Å². The minimum absolute atomic E-state index is 0.762. The van der Waals surface area contributed by atoms with Gasteiger partial charge in [-0.25, -0.2) is 0 Å². The van der Waals surface area contributed by atoms with E-state index in [0.717, 1.165) is 16.2 Å². The second kappa shape index (κ2) is 4.28. The Kier molecular flexibility index (Phi) is 3.31. The van der Waals surface area contributed by atoms with E-state index in [1.165, 1.54) is 16.7 Å². The maximum Gasteiger partial charge on any atom is 0.203 e. The maximum absolute atomic E-state index is 5.34. The predicted octanol–water partition coefficient (Wildman–Crippen LogP) is 2.04. The van der Waals surface area contributed by atoms with Crippen LogP contribution in [0.3, 0.4) is 0 Å². The van der Waals surface area contributed by atoms with E-state index in [-0.39, 0.29) is 0 Å². The van der Waals surface area contributed by atoms with Crippen molar-refractivity contribution >= 4 is 16.1 Å². The van der Waals surface area contributed by atoms with E-state index in [9.17, 15) is 0 Å². The molecule has 0 fully saturated rings. The molecule has 1 aromatic carbocycles. The van der Waals surface area contributed by atoms with Crippen molar-refractivity contribution in [2.75, 3.05) is 0 Å². The normalized spacial score (nSPS) is 12.5. The molecule has 2 heteroatoms. The van der Waals surface area contributed by atoms with Crippen LogP contribution in [-0.4, -0.2) is 10.5 Å². The highest BCUT2D eigenvalue weighted by Crippen LogP contribution is 2.21. The van der Waals surface area contributed by atoms with Crippen molar-refractivity contribution in [2.45, 2.75) is 20.8 Å². The number of benzene rings is 1. The molecule has 0 radical (unpaired) electrons. The van der Waals surface area contributed by atoms with E-state index < -0.39 is 0 Å². The topological polar surface area (TPSA) is 9.23 Å². The zero-order chi connectivity index (χ0) is 9.84. The fourth-order valence-corrected chi connectivity index (χ4v) is 1.64. The van der Waals surface area contributed by atoms with Crippen molar-refractivity contribution in [1.29, 1.82) is 0 Å². The molecule has 0 heterocycles. The summed E-state index contributed by atoms with van der Waals surface area (Å²) in [5, 5.41) is 0. The summed E-state index contributed by atoms with van der Waals surface area (Å²) < 4.78 is 5.34. The van der Waals surface area contributed by atoms with Crippen molar-refractivity contribution in [3.05, 3.63) is 41.2 Å². The van der Waals surface area contributed by atoms with Crippen molar-refractivity contribution in [1.82, 2.24) is 0 Å². The molecule has 70 valence electrons. The minimum Gasteiger partial charge on any atom is -0.556 e. The average Bonchev–Trinajstić information content (AvgIpc) is 2.16. The first-order valence-corrected chi connectivity index (χ1v) is 5.26. The van der Waals surface area contributed by atoms with E-state index >= 15 is 0 Å². The summed E-state index contributed by atoms with van der Waals surface area (Å²) in [5.74, 6) is 1.04. The van der Waals surface area contributed by atoms with Gasteiger partial charge in [-0.2, -0.15) is 0 Å². The highest BCUT2D eigenvalue weighted by atomic mass is 28.2. The Balaban J connectivity index is 3.16. The van der Waals surface area contributed by atoms with Crippen LogP contribution in [0.4, 0.5) is 0 Å². The molecule has 1 aromatic rings. The number of rotatable bonds is 2. The molecule has 13 heavy (non-hydrogen) atoms. The molecule has 1 nitrogen and oxygen atoms in total. The lowest BCUT2D eigenvalue weighted by molar-refractivity contribution is 0.475. The van der Waals surface area contributed by atoms with Crippen LogP contribution in [0, 0.1) is 6.92 Å². The van der Waals surface area contributed by atoms with Gasteiger partial charge < -0.3 is 4.43 Å². The van der Waals surface area contributed by atoms with Gasteiger partial charge in [0, 0.05) is 0 Å². The predicted molar refractivity (Wildman–Crippen MR) is 60.5 cm³/mol. The maximum atomic E-state index is 5.34. The Labute approximate surface area is 83.0 Å². The molecule has 0 aromatic heterocycles. The van der Waals surface area contributed by atoms with Gasteiger partial charge >= 0.3 is 0 Å². The van der Waals surface area contributed by atoms with E-state index in [1.54, 1.807) is 0 Å². The molecule has 0 aliphatic heterocycles. The molecule has 0 aliphatic carbocycles. The summed E-state index contributed by atoms with van der Waals surface area (Å²) in [7, 11) is 0.762.